The van der Waals surface area contributed by atoms with Crippen molar-refractivity contribution in [3.05, 3.63) is 107 Å². The van der Waals surface area contributed by atoms with Crippen LogP contribution in [-0.4, -0.2) is 0 Å². The molecule has 0 nitrogen and oxygen atoms in total. The summed E-state index contributed by atoms with van der Waals surface area (Å²) in [4.78, 5) is 0. The summed E-state index contributed by atoms with van der Waals surface area (Å²) >= 11 is 0. The second kappa shape index (κ2) is 5.54. The highest BCUT2D eigenvalue weighted by Gasteiger charge is 2.31. The second-order valence-corrected chi connectivity index (χ2v) is 5.59. The van der Waals surface area contributed by atoms with Gasteiger partial charge in [-0.15, -0.1) is 11.5 Å². The van der Waals surface area contributed by atoms with Gasteiger partial charge in [-0.05, 0) is 25.0 Å². The molecule has 0 fully saturated rings. The van der Waals surface area contributed by atoms with E-state index in [9.17, 15) is 0 Å². The van der Waals surface area contributed by atoms with E-state index in [1.165, 1.54) is 33.4 Å². The molecule has 1 aliphatic carbocycles. The van der Waals surface area contributed by atoms with Crippen LogP contribution in [0.15, 0.2) is 84.3 Å². The first-order chi connectivity index (χ1) is 10.7. The van der Waals surface area contributed by atoms with E-state index >= 15 is 0 Å². The van der Waals surface area contributed by atoms with Crippen LogP contribution >= 0.6 is 0 Å². The number of rotatable bonds is 2. The van der Waals surface area contributed by atoms with Crippen LogP contribution < -0.4 is 0 Å². The van der Waals surface area contributed by atoms with Gasteiger partial charge in [-0.3, -0.25) is 0 Å². The minimum absolute atomic E-state index is 1.01. The zero-order valence-electron chi connectivity index (χ0n) is 13.0. The molecule has 0 saturated heterocycles. The van der Waals surface area contributed by atoms with E-state index in [-0.39, 0.29) is 0 Å². The van der Waals surface area contributed by atoms with Gasteiger partial charge in [0.15, 0.2) is 0 Å². The van der Waals surface area contributed by atoms with Gasteiger partial charge >= 0.3 is 0 Å². The van der Waals surface area contributed by atoms with Gasteiger partial charge in [0.1, 0.15) is 0 Å². The first-order valence-electron chi connectivity index (χ1n) is 7.35. The molecule has 0 unspecified atom stereocenters. The number of allylic oxidation sites excluding steroid dienone is 4. The summed E-state index contributed by atoms with van der Waals surface area (Å²) in [5.74, 6) is 0. The Labute approximate surface area is 132 Å². The lowest BCUT2D eigenvalue weighted by Crippen LogP contribution is -2.10. The molecule has 3 rings (SSSR count). The predicted octanol–water partition coefficient (Wildman–Crippen LogP) is 5.65. The Hall–Kier alpha value is -2.78. The van der Waals surface area contributed by atoms with Crippen molar-refractivity contribution < 1.29 is 0 Å². The highest BCUT2D eigenvalue weighted by atomic mass is 14.3. The van der Waals surface area contributed by atoms with Crippen LogP contribution in [0, 0.1) is 13.8 Å². The third kappa shape index (κ3) is 2.22. The van der Waals surface area contributed by atoms with Crippen molar-refractivity contribution in [2.45, 2.75) is 13.8 Å². The maximum atomic E-state index is 3.83. The Morgan fingerprint density at radius 2 is 0.909 bits per heavy atom. The minimum Gasteiger partial charge on any atom is -0.119 e. The van der Waals surface area contributed by atoms with Crippen molar-refractivity contribution in [3.8, 4) is 0 Å². The fourth-order valence-corrected chi connectivity index (χ4v) is 2.81. The Morgan fingerprint density at radius 1 is 0.591 bits per heavy atom. The molecule has 0 heterocycles. The van der Waals surface area contributed by atoms with Crippen molar-refractivity contribution in [2.75, 3.05) is 0 Å². The topological polar surface area (TPSA) is 0 Å². The molecular formula is C22H18. The van der Waals surface area contributed by atoms with E-state index in [0.29, 0.717) is 0 Å². The van der Waals surface area contributed by atoms with Crippen LogP contribution in [0.2, 0.25) is 0 Å². The van der Waals surface area contributed by atoms with Gasteiger partial charge in [-0.2, -0.15) is 0 Å². The van der Waals surface area contributed by atoms with Gasteiger partial charge in [0.25, 0.3) is 0 Å². The number of benzene rings is 2. The SMILES string of the molecule is C=C=C1C(=C=C)C(c2ccc(C)cc2)=C1c1ccc(C)cc1. The first-order valence-corrected chi connectivity index (χ1v) is 7.35. The van der Waals surface area contributed by atoms with Gasteiger partial charge in [0.05, 0.1) is 0 Å². The number of hydrogen-bond donors (Lipinski definition) is 0. The Kier molecular flexibility index (Phi) is 3.57. The summed E-state index contributed by atoms with van der Waals surface area (Å²) in [5, 5.41) is 0. The van der Waals surface area contributed by atoms with E-state index < -0.39 is 0 Å². The van der Waals surface area contributed by atoms with Crippen LogP contribution in [0.4, 0.5) is 0 Å². The van der Waals surface area contributed by atoms with Crippen LogP contribution in [-0.2, 0) is 0 Å². The summed E-state index contributed by atoms with van der Waals surface area (Å²) in [6.07, 6.45) is 0. The Morgan fingerprint density at radius 3 is 1.18 bits per heavy atom. The molecule has 0 heteroatoms. The van der Waals surface area contributed by atoms with E-state index in [2.05, 4.69) is 87.0 Å². The molecule has 0 aromatic heterocycles. The summed E-state index contributed by atoms with van der Waals surface area (Å²) < 4.78 is 0. The Balaban J connectivity index is 2.26. The average Bonchev–Trinajstić information content (AvgIpc) is 2.51. The molecule has 0 bridgehead atoms. The molecule has 2 aromatic rings. The summed E-state index contributed by atoms with van der Waals surface area (Å²) in [6, 6.07) is 17.1. The van der Waals surface area contributed by atoms with Crippen LogP contribution in [0.5, 0.6) is 0 Å². The normalized spacial score (nSPS) is 13.5. The fraction of sp³-hybridized carbons (Fsp3) is 0.0909. The third-order valence-electron chi connectivity index (χ3n) is 4.03. The molecule has 0 N–H and O–H groups in total. The molecule has 0 radical (unpaired) electrons. The second-order valence-electron chi connectivity index (χ2n) is 5.59. The maximum absolute atomic E-state index is 3.83. The summed E-state index contributed by atoms with van der Waals surface area (Å²) in [5.41, 5.74) is 15.4. The fourth-order valence-electron chi connectivity index (χ4n) is 2.81. The molecule has 22 heavy (non-hydrogen) atoms. The van der Waals surface area contributed by atoms with Crippen molar-refractivity contribution in [1.29, 1.82) is 0 Å². The zero-order chi connectivity index (χ0) is 15.7. The zero-order valence-corrected chi connectivity index (χ0v) is 13.0. The van der Waals surface area contributed by atoms with Gasteiger partial charge in [0.2, 0.25) is 0 Å². The molecule has 0 atom stereocenters. The average molecular weight is 282 g/mol. The van der Waals surface area contributed by atoms with E-state index in [0.717, 1.165) is 11.1 Å². The number of hydrogen-bond acceptors (Lipinski definition) is 0. The van der Waals surface area contributed by atoms with Crippen molar-refractivity contribution in [2.24, 2.45) is 0 Å². The summed E-state index contributed by atoms with van der Waals surface area (Å²) in [6.45, 7) is 11.9. The molecule has 0 spiro atoms. The van der Waals surface area contributed by atoms with Gasteiger partial charge in [-0.1, -0.05) is 72.8 Å². The highest BCUT2D eigenvalue weighted by molar-refractivity contribution is 6.17. The van der Waals surface area contributed by atoms with E-state index in [1.54, 1.807) is 0 Å². The van der Waals surface area contributed by atoms with Gasteiger partial charge < -0.3 is 0 Å². The molecule has 2 aromatic carbocycles. The van der Waals surface area contributed by atoms with Crippen molar-refractivity contribution in [1.82, 2.24) is 0 Å². The molecule has 0 saturated carbocycles. The van der Waals surface area contributed by atoms with Crippen LogP contribution in [0.3, 0.4) is 0 Å². The van der Waals surface area contributed by atoms with Crippen LogP contribution in [0.1, 0.15) is 22.3 Å². The van der Waals surface area contributed by atoms with Gasteiger partial charge in [-0.25, -0.2) is 0 Å². The standard InChI is InChI=1S/C22H18/c1-5-19-20(6-2)22(18-13-9-16(4)10-14-18)21(19)17-11-7-15(3)8-12-17/h7-14H,1-2H2,3-4H3. The highest BCUT2D eigenvalue weighted by Crippen LogP contribution is 2.50. The largest absolute Gasteiger partial charge is 0.119 e. The lowest BCUT2D eigenvalue weighted by molar-refractivity contribution is 1.39. The van der Waals surface area contributed by atoms with Crippen LogP contribution in [0.25, 0.3) is 11.1 Å². The smallest absolute Gasteiger partial charge is 0.0400 e. The van der Waals surface area contributed by atoms with Crippen molar-refractivity contribution in [3.63, 3.8) is 0 Å². The lowest BCUT2D eigenvalue weighted by atomic mass is 9.72. The predicted molar refractivity (Wildman–Crippen MR) is 94.5 cm³/mol. The van der Waals surface area contributed by atoms with Crippen molar-refractivity contribution >= 4 is 11.1 Å². The lowest BCUT2D eigenvalue weighted by Gasteiger charge is -2.29. The number of aryl methyl sites for hydroxylation is 2. The third-order valence-corrected chi connectivity index (χ3v) is 4.03. The summed E-state index contributed by atoms with van der Waals surface area (Å²) in [7, 11) is 0. The Bertz CT molecular complexity index is 783. The molecular weight excluding hydrogens is 264 g/mol. The first kappa shape index (κ1) is 14.2. The molecule has 0 amide bonds. The minimum atomic E-state index is 1.01. The van der Waals surface area contributed by atoms with E-state index in [4.69, 9.17) is 0 Å². The maximum Gasteiger partial charge on any atom is 0.0400 e. The molecule has 0 aliphatic heterocycles. The monoisotopic (exact) mass is 282 g/mol. The molecule has 1 aliphatic rings. The quantitative estimate of drug-likeness (QED) is 0.624. The molecule has 106 valence electrons. The van der Waals surface area contributed by atoms with E-state index in [1.807, 2.05) is 0 Å². The van der Waals surface area contributed by atoms with Gasteiger partial charge in [0, 0.05) is 22.3 Å².